The number of hydrogen-bond donors (Lipinski definition) is 1. The van der Waals surface area contributed by atoms with Crippen LogP contribution in [0.3, 0.4) is 0 Å². The standard InChI is InChI=1S/C22H30N4O2/c1-22(2,3)26-16-19(15-23-26)24-21(28)18-11-13-25(14-12-18)20(27)10-9-17-7-5-4-6-8-17/h4-8,15-16,18H,9-14H2,1-3H3,(H,24,28). The first-order chi connectivity index (χ1) is 13.3. The zero-order valence-electron chi connectivity index (χ0n) is 17.0. The van der Waals surface area contributed by atoms with E-state index in [9.17, 15) is 9.59 Å². The summed E-state index contributed by atoms with van der Waals surface area (Å²) in [6.07, 6.45) is 6.24. The first kappa shape index (κ1) is 20.1. The Morgan fingerprint density at radius 1 is 1.14 bits per heavy atom. The number of amides is 2. The fraction of sp³-hybridized carbons (Fsp3) is 0.500. The molecule has 1 aromatic heterocycles. The molecule has 1 N–H and O–H groups in total. The lowest BCUT2D eigenvalue weighted by Crippen LogP contribution is -2.41. The Bertz CT molecular complexity index is 799. The maximum Gasteiger partial charge on any atom is 0.227 e. The lowest BCUT2D eigenvalue weighted by molar-refractivity contribution is -0.134. The predicted octanol–water partition coefficient (Wildman–Crippen LogP) is 3.45. The molecule has 28 heavy (non-hydrogen) atoms. The zero-order valence-corrected chi connectivity index (χ0v) is 17.0. The Kier molecular flexibility index (Phi) is 6.17. The van der Waals surface area contributed by atoms with Gasteiger partial charge in [-0.1, -0.05) is 30.3 Å². The van der Waals surface area contributed by atoms with Crippen molar-refractivity contribution in [2.75, 3.05) is 18.4 Å². The summed E-state index contributed by atoms with van der Waals surface area (Å²) in [6.45, 7) is 7.49. The summed E-state index contributed by atoms with van der Waals surface area (Å²) in [7, 11) is 0. The summed E-state index contributed by atoms with van der Waals surface area (Å²) in [5, 5.41) is 7.28. The topological polar surface area (TPSA) is 67.2 Å². The summed E-state index contributed by atoms with van der Waals surface area (Å²) in [6, 6.07) is 10.1. The smallest absolute Gasteiger partial charge is 0.227 e. The second-order valence-corrected chi connectivity index (χ2v) is 8.47. The van der Waals surface area contributed by atoms with E-state index in [1.165, 1.54) is 5.56 Å². The number of rotatable bonds is 5. The fourth-order valence-electron chi connectivity index (χ4n) is 3.44. The maximum absolute atomic E-state index is 12.6. The van der Waals surface area contributed by atoms with Crippen LogP contribution in [0.2, 0.25) is 0 Å². The van der Waals surface area contributed by atoms with Gasteiger partial charge in [0.2, 0.25) is 11.8 Å². The summed E-state index contributed by atoms with van der Waals surface area (Å²) in [4.78, 5) is 26.9. The van der Waals surface area contributed by atoms with Crippen LogP contribution >= 0.6 is 0 Å². The van der Waals surface area contributed by atoms with E-state index in [0.29, 0.717) is 32.4 Å². The highest BCUT2D eigenvalue weighted by molar-refractivity contribution is 5.92. The Hall–Kier alpha value is -2.63. The van der Waals surface area contributed by atoms with Crippen LogP contribution in [0.4, 0.5) is 5.69 Å². The SMILES string of the molecule is CC(C)(C)n1cc(NC(=O)C2CCN(C(=O)CCc3ccccc3)CC2)cn1. The van der Waals surface area contributed by atoms with Gasteiger partial charge < -0.3 is 10.2 Å². The largest absolute Gasteiger partial charge is 0.343 e. The third kappa shape index (κ3) is 5.21. The summed E-state index contributed by atoms with van der Waals surface area (Å²) in [5.74, 6) is 0.134. The Balaban J connectivity index is 1.44. The van der Waals surface area contributed by atoms with E-state index < -0.39 is 0 Å². The molecule has 0 aliphatic carbocycles. The third-order valence-corrected chi connectivity index (χ3v) is 5.23. The van der Waals surface area contributed by atoms with Crippen molar-refractivity contribution < 1.29 is 9.59 Å². The number of benzene rings is 1. The molecular weight excluding hydrogens is 352 g/mol. The first-order valence-corrected chi connectivity index (χ1v) is 10.0. The number of piperidine rings is 1. The van der Waals surface area contributed by atoms with Crippen LogP contribution in [-0.2, 0) is 21.5 Å². The summed E-state index contributed by atoms with van der Waals surface area (Å²) < 4.78 is 1.84. The van der Waals surface area contributed by atoms with E-state index >= 15 is 0 Å². The van der Waals surface area contributed by atoms with Gasteiger partial charge in [0.15, 0.2) is 0 Å². The second-order valence-electron chi connectivity index (χ2n) is 8.47. The zero-order chi connectivity index (χ0) is 20.1. The van der Waals surface area contributed by atoms with Crippen LogP contribution in [0.25, 0.3) is 0 Å². The van der Waals surface area contributed by atoms with Gasteiger partial charge in [-0.25, -0.2) is 0 Å². The molecular formula is C22H30N4O2. The molecule has 6 nitrogen and oxygen atoms in total. The van der Waals surface area contributed by atoms with Gasteiger partial charge in [-0.15, -0.1) is 0 Å². The molecule has 1 aliphatic rings. The molecule has 1 saturated heterocycles. The van der Waals surface area contributed by atoms with Gasteiger partial charge in [0.05, 0.1) is 17.4 Å². The molecule has 2 amide bonds. The highest BCUT2D eigenvalue weighted by Gasteiger charge is 2.27. The van der Waals surface area contributed by atoms with Gasteiger partial charge >= 0.3 is 0 Å². The van der Waals surface area contributed by atoms with Crippen molar-refractivity contribution in [1.82, 2.24) is 14.7 Å². The van der Waals surface area contributed by atoms with Crippen molar-refractivity contribution in [3.63, 3.8) is 0 Å². The molecule has 0 bridgehead atoms. The number of nitrogens with zero attached hydrogens (tertiary/aromatic N) is 3. The molecule has 0 unspecified atom stereocenters. The highest BCUT2D eigenvalue weighted by atomic mass is 16.2. The van der Waals surface area contributed by atoms with E-state index in [4.69, 9.17) is 0 Å². The van der Waals surface area contributed by atoms with Crippen molar-refractivity contribution in [3.05, 3.63) is 48.3 Å². The van der Waals surface area contributed by atoms with Gasteiger partial charge in [-0.2, -0.15) is 5.10 Å². The highest BCUT2D eigenvalue weighted by Crippen LogP contribution is 2.21. The van der Waals surface area contributed by atoms with Crippen LogP contribution in [0.5, 0.6) is 0 Å². The number of likely N-dealkylation sites (tertiary alicyclic amines) is 1. The van der Waals surface area contributed by atoms with E-state index in [1.54, 1.807) is 6.20 Å². The van der Waals surface area contributed by atoms with Gasteiger partial charge in [0, 0.05) is 31.6 Å². The number of hydrogen-bond acceptors (Lipinski definition) is 3. The second kappa shape index (κ2) is 8.59. The predicted molar refractivity (Wildman–Crippen MR) is 110 cm³/mol. The maximum atomic E-state index is 12.6. The van der Waals surface area contributed by atoms with Gasteiger partial charge in [0.1, 0.15) is 0 Å². The van der Waals surface area contributed by atoms with Crippen LogP contribution in [-0.4, -0.2) is 39.6 Å². The van der Waals surface area contributed by atoms with Crippen molar-refractivity contribution >= 4 is 17.5 Å². The van der Waals surface area contributed by atoms with Gasteiger partial charge in [-0.05, 0) is 45.6 Å². The van der Waals surface area contributed by atoms with Crippen LogP contribution in [0, 0.1) is 5.92 Å². The minimum absolute atomic E-state index is 0.0184. The third-order valence-electron chi connectivity index (χ3n) is 5.23. The Labute approximate surface area is 166 Å². The average molecular weight is 383 g/mol. The number of carbonyl (C=O) groups excluding carboxylic acids is 2. The molecule has 6 heteroatoms. The van der Waals surface area contributed by atoms with Gasteiger partial charge in [0.25, 0.3) is 0 Å². The summed E-state index contributed by atoms with van der Waals surface area (Å²) >= 11 is 0. The molecule has 1 aromatic carbocycles. The van der Waals surface area contributed by atoms with Crippen molar-refractivity contribution in [2.24, 2.45) is 5.92 Å². The lowest BCUT2D eigenvalue weighted by atomic mass is 9.95. The number of carbonyl (C=O) groups is 2. The van der Waals surface area contributed by atoms with Crippen molar-refractivity contribution in [3.8, 4) is 0 Å². The van der Waals surface area contributed by atoms with Gasteiger partial charge in [-0.3, -0.25) is 14.3 Å². The first-order valence-electron chi connectivity index (χ1n) is 10.0. The molecule has 1 fully saturated rings. The summed E-state index contributed by atoms with van der Waals surface area (Å²) in [5.41, 5.74) is 1.79. The average Bonchev–Trinajstić information content (AvgIpc) is 3.16. The van der Waals surface area contributed by atoms with E-state index in [-0.39, 0.29) is 23.3 Å². The Morgan fingerprint density at radius 2 is 1.82 bits per heavy atom. The quantitative estimate of drug-likeness (QED) is 0.861. The van der Waals surface area contributed by atoms with E-state index in [0.717, 1.165) is 12.1 Å². The van der Waals surface area contributed by atoms with Crippen LogP contribution in [0.15, 0.2) is 42.7 Å². The lowest BCUT2D eigenvalue weighted by Gasteiger charge is -2.31. The molecule has 1 aliphatic heterocycles. The number of nitrogens with one attached hydrogen (secondary N) is 1. The molecule has 0 atom stereocenters. The molecule has 0 radical (unpaired) electrons. The Morgan fingerprint density at radius 3 is 2.43 bits per heavy atom. The van der Waals surface area contributed by atoms with Crippen LogP contribution in [0.1, 0.15) is 45.6 Å². The number of anilines is 1. The van der Waals surface area contributed by atoms with Crippen molar-refractivity contribution in [1.29, 1.82) is 0 Å². The molecule has 150 valence electrons. The molecule has 0 spiro atoms. The molecule has 0 saturated carbocycles. The minimum atomic E-state index is -0.117. The van der Waals surface area contributed by atoms with E-state index in [1.807, 2.05) is 46.1 Å². The number of aryl methyl sites for hydroxylation is 1. The number of aromatic nitrogens is 2. The minimum Gasteiger partial charge on any atom is -0.343 e. The fourth-order valence-corrected chi connectivity index (χ4v) is 3.44. The van der Waals surface area contributed by atoms with Crippen LogP contribution < -0.4 is 5.32 Å². The van der Waals surface area contributed by atoms with Crippen molar-refractivity contribution in [2.45, 2.75) is 52.0 Å². The molecule has 2 heterocycles. The molecule has 2 aromatic rings. The normalized spacial score (nSPS) is 15.5. The van der Waals surface area contributed by atoms with E-state index in [2.05, 4.69) is 31.2 Å². The monoisotopic (exact) mass is 382 g/mol. The molecule has 3 rings (SSSR count).